The highest BCUT2D eigenvalue weighted by molar-refractivity contribution is 5.80. The van der Waals surface area contributed by atoms with Gasteiger partial charge >= 0.3 is 0 Å². The van der Waals surface area contributed by atoms with Crippen molar-refractivity contribution in [2.24, 2.45) is 0 Å². The Kier molecular flexibility index (Phi) is 2.03. The maximum Gasteiger partial charge on any atom is 0.0931 e. The molecule has 2 aromatic rings. The zero-order valence-corrected chi connectivity index (χ0v) is 8.46. The van der Waals surface area contributed by atoms with Crippen molar-refractivity contribution in [2.45, 2.75) is 6.42 Å². The van der Waals surface area contributed by atoms with E-state index in [0.29, 0.717) is 0 Å². The highest BCUT2D eigenvalue weighted by Crippen LogP contribution is 2.22. The van der Waals surface area contributed by atoms with Gasteiger partial charge in [-0.2, -0.15) is 0 Å². The number of benzene rings is 1. The summed E-state index contributed by atoms with van der Waals surface area (Å²) < 4.78 is 0. The molecule has 0 aliphatic carbocycles. The summed E-state index contributed by atoms with van der Waals surface area (Å²) >= 11 is 0. The van der Waals surface area contributed by atoms with Crippen molar-refractivity contribution in [1.29, 1.82) is 0 Å². The molecule has 0 amide bonds. The van der Waals surface area contributed by atoms with Crippen LogP contribution in [0.4, 0.5) is 0 Å². The second-order valence-electron chi connectivity index (χ2n) is 3.82. The van der Waals surface area contributed by atoms with Gasteiger partial charge in [-0.1, -0.05) is 12.1 Å². The molecule has 1 aromatic heterocycles. The molecule has 0 spiro atoms. The summed E-state index contributed by atoms with van der Waals surface area (Å²) in [7, 11) is 0. The van der Waals surface area contributed by atoms with Crippen molar-refractivity contribution in [2.75, 3.05) is 13.1 Å². The molecule has 0 fully saturated rings. The van der Waals surface area contributed by atoms with Gasteiger partial charge < -0.3 is 10.3 Å². The number of rotatable bonds is 1. The Morgan fingerprint density at radius 3 is 3.13 bits per heavy atom. The monoisotopic (exact) mass is 199 g/mol. The van der Waals surface area contributed by atoms with Gasteiger partial charge in [0.05, 0.1) is 17.4 Å². The molecule has 1 aromatic carbocycles. The van der Waals surface area contributed by atoms with Gasteiger partial charge in [-0.15, -0.1) is 0 Å². The molecule has 0 atom stereocenters. The molecule has 0 saturated heterocycles. The standard InChI is InChI=1S/C12H13N3/c1-2-11-12(15-8-14-11)7-10(1)9-3-5-13-6-4-9/h1-3,7-8,13H,4-6H2,(H,14,15). The third kappa shape index (κ3) is 1.55. The average Bonchev–Trinajstić information content (AvgIpc) is 2.77. The van der Waals surface area contributed by atoms with Crippen molar-refractivity contribution in [3.05, 3.63) is 36.2 Å². The highest BCUT2D eigenvalue weighted by Gasteiger charge is 2.06. The maximum atomic E-state index is 4.22. The molecular formula is C12H13N3. The van der Waals surface area contributed by atoms with Crippen LogP contribution in [0.2, 0.25) is 0 Å². The number of H-pyrrole nitrogens is 1. The first kappa shape index (κ1) is 8.68. The van der Waals surface area contributed by atoms with Gasteiger partial charge in [0.15, 0.2) is 0 Å². The fourth-order valence-corrected chi connectivity index (χ4v) is 2.02. The maximum absolute atomic E-state index is 4.22. The van der Waals surface area contributed by atoms with E-state index in [9.17, 15) is 0 Å². The Labute approximate surface area is 88.2 Å². The zero-order chi connectivity index (χ0) is 10.1. The largest absolute Gasteiger partial charge is 0.345 e. The summed E-state index contributed by atoms with van der Waals surface area (Å²) in [5.74, 6) is 0. The van der Waals surface area contributed by atoms with Gasteiger partial charge in [-0.05, 0) is 36.2 Å². The van der Waals surface area contributed by atoms with Crippen LogP contribution in [0.15, 0.2) is 30.6 Å². The molecule has 3 heteroatoms. The van der Waals surface area contributed by atoms with Gasteiger partial charge in [-0.25, -0.2) is 4.98 Å². The second kappa shape index (κ2) is 3.51. The number of aromatic nitrogens is 2. The predicted molar refractivity (Wildman–Crippen MR) is 61.6 cm³/mol. The normalized spacial score (nSPS) is 16.7. The van der Waals surface area contributed by atoms with Crippen molar-refractivity contribution in [3.63, 3.8) is 0 Å². The van der Waals surface area contributed by atoms with E-state index >= 15 is 0 Å². The molecule has 1 aliphatic rings. The summed E-state index contributed by atoms with van der Waals surface area (Å²) in [6.07, 6.45) is 5.12. The summed E-state index contributed by atoms with van der Waals surface area (Å²) in [6, 6.07) is 6.41. The Balaban J connectivity index is 2.06. The SMILES string of the molecule is C1=C(c2ccc3nc[nH]c3c2)CCNC1. The Bertz CT molecular complexity index is 510. The predicted octanol–water partition coefficient (Wildman–Crippen LogP) is 1.94. The summed E-state index contributed by atoms with van der Waals surface area (Å²) in [5.41, 5.74) is 4.90. The Morgan fingerprint density at radius 2 is 2.27 bits per heavy atom. The number of nitrogens with zero attached hydrogens (tertiary/aromatic N) is 1. The first-order chi connectivity index (χ1) is 7.43. The average molecular weight is 199 g/mol. The molecule has 76 valence electrons. The van der Waals surface area contributed by atoms with E-state index in [1.807, 2.05) is 0 Å². The molecule has 15 heavy (non-hydrogen) atoms. The molecule has 2 N–H and O–H groups in total. The molecule has 2 heterocycles. The first-order valence-corrected chi connectivity index (χ1v) is 5.27. The number of aromatic amines is 1. The molecule has 3 nitrogen and oxygen atoms in total. The Hall–Kier alpha value is -1.61. The van der Waals surface area contributed by atoms with Gasteiger partial charge in [-0.3, -0.25) is 0 Å². The van der Waals surface area contributed by atoms with Gasteiger partial charge in [0.1, 0.15) is 0 Å². The highest BCUT2D eigenvalue weighted by atomic mass is 14.9. The lowest BCUT2D eigenvalue weighted by Crippen LogP contribution is -2.19. The third-order valence-corrected chi connectivity index (χ3v) is 2.85. The minimum absolute atomic E-state index is 0.982. The van der Waals surface area contributed by atoms with E-state index in [1.54, 1.807) is 6.33 Å². The Morgan fingerprint density at radius 1 is 1.27 bits per heavy atom. The minimum atomic E-state index is 0.982. The van der Waals surface area contributed by atoms with Gasteiger partial charge in [0.25, 0.3) is 0 Å². The molecule has 0 saturated carbocycles. The van der Waals surface area contributed by atoms with Crippen LogP contribution < -0.4 is 5.32 Å². The molecule has 0 radical (unpaired) electrons. The van der Waals surface area contributed by atoms with Crippen molar-refractivity contribution in [1.82, 2.24) is 15.3 Å². The number of imidazole rings is 1. The number of fused-ring (bicyclic) bond motifs is 1. The third-order valence-electron chi connectivity index (χ3n) is 2.85. The van der Waals surface area contributed by atoms with E-state index < -0.39 is 0 Å². The van der Waals surface area contributed by atoms with Crippen LogP contribution >= 0.6 is 0 Å². The van der Waals surface area contributed by atoms with Crippen LogP contribution in [0, 0.1) is 0 Å². The lowest BCUT2D eigenvalue weighted by molar-refractivity contribution is 0.738. The molecule has 0 bridgehead atoms. The zero-order valence-electron chi connectivity index (χ0n) is 8.46. The number of nitrogens with one attached hydrogen (secondary N) is 2. The van der Waals surface area contributed by atoms with E-state index in [0.717, 1.165) is 30.5 Å². The minimum Gasteiger partial charge on any atom is -0.345 e. The van der Waals surface area contributed by atoms with Crippen molar-refractivity contribution < 1.29 is 0 Å². The molecule has 1 aliphatic heterocycles. The van der Waals surface area contributed by atoms with E-state index in [-0.39, 0.29) is 0 Å². The van der Waals surface area contributed by atoms with Crippen LogP contribution in [0.5, 0.6) is 0 Å². The first-order valence-electron chi connectivity index (χ1n) is 5.27. The van der Waals surface area contributed by atoms with Gasteiger partial charge in [0, 0.05) is 6.54 Å². The molecular weight excluding hydrogens is 186 g/mol. The lowest BCUT2D eigenvalue weighted by atomic mass is 10.00. The number of hydrogen-bond acceptors (Lipinski definition) is 2. The van der Waals surface area contributed by atoms with E-state index in [2.05, 4.69) is 39.6 Å². The smallest absolute Gasteiger partial charge is 0.0931 e. The number of hydrogen-bond donors (Lipinski definition) is 2. The lowest BCUT2D eigenvalue weighted by Gasteiger charge is -2.13. The summed E-state index contributed by atoms with van der Waals surface area (Å²) in [5, 5.41) is 3.32. The molecule has 3 rings (SSSR count). The fourth-order valence-electron chi connectivity index (χ4n) is 2.02. The van der Waals surface area contributed by atoms with E-state index in [1.165, 1.54) is 11.1 Å². The van der Waals surface area contributed by atoms with Crippen LogP contribution in [0.3, 0.4) is 0 Å². The van der Waals surface area contributed by atoms with Crippen LogP contribution in [0.1, 0.15) is 12.0 Å². The van der Waals surface area contributed by atoms with Crippen molar-refractivity contribution >= 4 is 16.6 Å². The van der Waals surface area contributed by atoms with Crippen LogP contribution in [-0.2, 0) is 0 Å². The summed E-state index contributed by atoms with van der Waals surface area (Å²) in [4.78, 5) is 7.36. The van der Waals surface area contributed by atoms with Crippen LogP contribution in [0.25, 0.3) is 16.6 Å². The second-order valence-corrected chi connectivity index (χ2v) is 3.82. The molecule has 0 unspecified atom stereocenters. The fraction of sp³-hybridized carbons (Fsp3) is 0.250. The topological polar surface area (TPSA) is 40.7 Å². The van der Waals surface area contributed by atoms with Crippen LogP contribution in [-0.4, -0.2) is 23.1 Å². The van der Waals surface area contributed by atoms with Gasteiger partial charge in [0.2, 0.25) is 0 Å². The van der Waals surface area contributed by atoms with E-state index in [4.69, 9.17) is 0 Å². The quantitative estimate of drug-likeness (QED) is 0.737. The van der Waals surface area contributed by atoms with Crippen molar-refractivity contribution in [3.8, 4) is 0 Å². The summed E-state index contributed by atoms with van der Waals surface area (Å²) in [6.45, 7) is 2.06.